The second-order valence-electron chi connectivity index (χ2n) is 5.21. The number of hydrogen-bond acceptors (Lipinski definition) is 4. The van der Waals surface area contributed by atoms with E-state index < -0.39 is 0 Å². The van der Waals surface area contributed by atoms with Crippen LogP contribution in [0.25, 0.3) is 0 Å². The van der Waals surface area contributed by atoms with Gasteiger partial charge in [0, 0.05) is 32.7 Å². The third-order valence-corrected chi connectivity index (χ3v) is 3.75. The number of aryl methyl sites for hydroxylation is 1. The fourth-order valence-electron chi connectivity index (χ4n) is 2.36. The van der Waals surface area contributed by atoms with Crippen LogP contribution in [-0.4, -0.2) is 56.1 Å². The first kappa shape index (κ1) is 14.0. The molecule has 1 aliphatic heterocycles. The van der Waals surface area contributed by atoms with E-state index in [4.69, 9.17) is 4.74 Å². The second kappa shape index (κ2) is 6.17. The molecule has 4 nitrogen and oxygen atoms in total. The van der Waals surface area contributed by atoms with Crippen molar-refractivity contribution in [3.63, 3.8) is 0 Å². The van der Waals surface area contributed by atoms with Crippen LogP contribution in [-0.2, 0) is 11.3 Å². The number of ether oxygens (including phenoxy) is 1. The SMILES string of the molecule is COC(=O)c1ccc(CN2CCN(C)CC2)c(C)c1. The molecule has 1 aliphatic rings. The fraction of sp³-hybridized carbons (Fsp3) is 0.533. The first-order valence-electron chi connectivity index (χ1n) is 6.69. The Morgan fingerprint density at radius 3 is 2.53 bits per heavy atom. The maximum Gasteiger partial charge on any atom is 0.337 e. The van der Waals surface area contributed by atoms with Gasteiger partial charge >= 0.3 is 5.97 Å². The zero-order valence-electron chi connectivity index (χ0n) is 12.0. The lowest BCUT2D eigenvalue weighted by Gasteiger charge is -2.32. The van der Waals surface area contributed by atoms with Crippen molar-refractivity contribution in [2.45, 2.75) is 13.5 Å². The van der Waals surface area contributed by atoms with Gasteiger partial charge in [-0.1, -0.05) is 6.07 Å². The van der Waals surface area contributed by atoms with Crippen LogP contribution in [0.1, 0.15) is 21.5 Å². The predicted molar refractivity (Wildman–Crippen MR) is 75.3 cm³/mol. The van der Waals surface area contributed by atoms with Crippen LogP contribution in [0, 0.1) is 6.92 Å². The fourth-order valence-corrected chi connectivity index (χ4v) is 2.36. The van der Waals surface area contributed by atoms with Gasteiger partial charge < -0.3 is 9.64 Å². The smallest absolute Gasteiger partial charge is 0.337 e. The summed E-state index contributed by atoms with van der Waals surface area (Å²) < 4.78 is 4.74. The Labute approximate surface area is 115 Å². The first-order valence-corrected chi connectivity index (χ1v) is 6.69. The monoisotopic (exact) mass is 262 g/mol. The molecule has 0 bridgehead atoms. The standard InChI is InChI=1S/C15H22N2O2/c1-12-10-13(15(18)19-3)4-5-14(12)11-17-8-6-16(2)7-9-17/h4-5,10H,6-9,11H2,1-3H3. The number of benzene rings is 1. The number of likely N-dealkylation sites (N-methyl/N-ethyl adjacent to an activating group) is 1. The number of methoxy groups -OCH3 is 1. The van der Waals surface area contributed by atoms with E-state index in [0.717, 1.165) is 38.3 Å². The van der Waals surface area contributed by atoms with Gasteiger partial charge in [0.05, 0.1) is 12.7 Å². The van der Waals surface area contributed by atoms with E-state index >= 15 is 0 Å². The van der Waals surface area contributed by atoms with Crippen molar-refractivity contribution in [2.24, 2.45) is 0 Å². The highest BCUT2D eigenvalue weighted by atomic mass is 16.5. The molecular formula is C15H22N2O2. The average molecular weight is 262 g/mol. The number of piperazine rings is 1. The van der Waals surface area contributed by atoms with Crippen molar-refractivity contribution >= 4 is 5.97 Å². The molecule has 0 amide bonds. The molecule has 1 aromatic carbocycles. The summed E-state index contributed by atoms with van der Waals surface area (Å²) in [6.07, 6.45) is 0. The van der Waals surface area contributed by atoms with Crippen LogP contribution in [0.2, 0.25) is 0 Å². The lowest BCUT2D eigenvalue weighted by atomic mass is 10.0. The first-order chi connectivity index (χ1) is 9.10. The minimum Gasteiger partial charge on any atom is -0.465 e. The molecule has 19 heavy (non-hydrogen) atoms. The molecule has 1 fully saturated rings. The minimum absolute atomic E-state index is 0.269. The number of carbonyl (C=O) groups excluding carboxylic acids is 1. The summed E-state index contributed by atoms with van der Waals surface area (Å²) in [4.78, 5) is 16.3. The molecule has 0 atom stereocenters. The van der Waals surface area contributed by atoms with Gasteiger partial charge in [-0.3, -0.25) is 4.90 Å². The molecule has 0 aromatic heterocycles. The van der Waals surface area contributed by atoms with E-state index in [9.17, 15) is 4.79 Å². The highest BCUT2D eigenvalue weighted by Crippen LogP contribution is 2.15. The summed E-state index contributed by atoms with van der Waals surface area (Å²) in [5, 5.41) is 0. The number of carbonyl (C=O) groups is 1. The molecule has 104 valence electrons. The van der Waals surface area contributed by atoms with Crippen LogP contribution < -0.4 is 0 Å². The molecule has 2 rings (SSSR count). The van der Waals surface area contributed by atoms with E-state index in [2.05, 4.69) is 23.8 Å². The summed E-state index contributed by atoms with van der Waals surface area (Å²) >= 11 is 0. The van der Waals surface area contributed by atoms with Gasteiger partial charge in [0.1, 0.15) is 0 Å². The van der Waals surface area contributed by atoms with Crippen molar-refractivity contribution in [3.8, 4) is 0 Å². The molecule has 0 radical (unpaired) electrons. The van der Waals surface area contributed by atoms with Gasteiger partial charge in [0.2, 0.25) is 0 Å². The third kappa shape index (κ3) is 3.55. The highest BCUT2D eigenvalue weighted by Gasteiger charge is 2.15. The molecule has 0 aliphatic carbocycles. The maximum atomic E-state index is 11.5. The van der Waals surface area contributed by atoms with E-state index in [1.807, 2.05) is 18.2 Å². The summed E-state index contributed by atoms with van der Waals surface area (Å²) in [5.41, 5.74) is 3.07. The molecule has 0 spiro atoms. The molecule has 1 heterocycles. The minimum atomic E-state index is -0.269. The number of esters is 1. The summed E-state index contributed by atoms with van der Waals surface area (Å²) in [6.45, 7) is 7.47. The molecule has 1 saturated heterocycles. The molecule has 0 saturated carbocycles. The lowest BCUT2D eigenvalue weighted by Crippen LogP contribution is -2.43. The van der Waals surface area contributed by atoms with E-state index in [0.29, 0.717) is 5.56 Å². The van der Waals surface area contributed by atoms with Gasteiger partial charge in [-0.15, -0.1) is 0 Å². The average Bonchev–Trinajstić information content (AvgIpc) is 2.42. The molecule has 0 N–H and O–H groups in total. The Bertz CT molecular complexity index is 451. The van der Waals surface area contributed by atoms with Crippen molar-refractivity contribution in [2.75, 3.05) is 40.3 Å². The predicted octanol–water partition coefficient (Wildman–Crippen LogP) is 1.53. The van der Waals surface area contributed by atoms with Gasteiger partial charge in [-0.05, 0) is 37.2 Å². The molecule has 0 unspecified atom stereocenters. The van der Waals surface area contributed by atoms with Crippen molar-refractivity contribution in [3.05, 3.63) is 34.9 Å². The van der Waals surface area contributed by atoms with Crippen LogP contribution in [0.3, 0.4) is 0 Å². The van der Waals surface area contributed by atoms with Crippen LogP contribution in [0.4, 0.5) is 0 Å². The van der Waals surface area contributed by atoms with Gasteiger partial charge in [-0.25, -0.2) is 4.79 Å². The van der Waals surface area contributed by atoms with Crippen LogP contribution in [0.5, 0.6) is 0 Å². The van der Waals surface area contributed by atoms with Gasteiger partial charge in [0.15, 0.2) is 0 Å². The van der Waals surface area contributed by atoms with Crippen LogP contribution >= 0.6 is 0 Å². The third-order valence-electron chi connectivity index (χ3n) is 3.75. The molecular weight excluding hydrogens is 240 g/mol. The Kier molecular flexibility index (Phi) is 4.56. The van der Waals surface area contributed by atoms with Crippen molar-refractivity contribution in [1.82, 2.24) is 9.80 Å². The lowest BCUT2D eigenvalue weighted by molar-refractivity contribution is 0.0600. The van der Waals surface area contributed by atoms with E-state index in [1.54, 1.807) is 0 Å². The second-order valence-corrected chi connectivity index (χ2v) is 5.21. The number of rotatable bonds is 3. The largest absolute Gasteiger partial charge is 0.465 e. The Balaban J connectivity index is 2.03. The van der Waals surface area contributed by atoms with E-state index in [1.165, 1.54) is 12.7 Å². The Morgan fingerprint density at radius 2 is 1.95 bits per heavy atom. The quantitative estimate of drug-likeness (QED) is 0.773. The molecule has 4 heteroatoms. The topological polar surface area (TPSA) is 32.8 Å². The van der Waals surface area contributed by atoms with Gasteiger partial charge in [0.25, 0.3) is 0 Å². The summed E-state index contributed by atoms with van der Waals surface area (Å²) in [6, 6.07) is 5.81. The normalized spacial score (nSPS) is 17.4. The summed E-state index contributed by atoms with van der Waals surface area (Å²) in [7, 11) is 3.57. The highest BCUT2D eigenvalue weighted by molar-refractivity contribution is 5.89. The van der Waals surface area contributed by atoms with Gasteiger partial charge in [-0.2, -0.15) is 0 Å². The summed E-state index contributed by atoms with van der Waals surface area (Å²) in [5.74, 6) is -0.269. The van der Waals surface area contributed by atoms with Crippen molar-refractivity contribution in [1.29, 1.82) is 0 Å². The van der Waals surface area contributed by atoms with Crippen molar-refractivity contribution < 1.29 is 9.53 Å². The number of nitrogens with zero attached hydrogens (tertiary/aromatic N) is 2. The maximum absolute atomic E-state index is 11.5. The van der Waals surface area contributed by atoms with E-state index in [-0.39, 0.29) is 5.97 Å². The Morgan fingerprint density at radius 1 is 1.26 bits per heavy atom. The van der Waals surface area contributed by atoms with Crippen LogP contribution in [0.15, 0.2) is 18.2 Å². The zero-order valence-corrected chi connectivity index (χ0v) is 12.0. The number of hydrogen-bond donors (Lipinski definition) is 0. The zero-order chi connectivity index (χ0) is 13.8. The molecule has 1 aromatic rings. The Hall–Kier alpha value is -1.39.